The number of fused-ring (bicyclic) bond motifs is 1. The minimum absolute atomic E-state index is 0.0771. The molecular formula is C9H6N2OS. The average molecular weight is 190 g/mol. The molecule has 0 unspecified atom stereocenters. The number of aromatic amines is 1. The molecule has 0 aliphatic rings. The van der Waals surface area contributed by atoms with Gasteiger partial charge in [-0.25, -0.2) is 0 Å². The lowest BCUT2D eigenvalue weighted by Gasteiger charge is -1.95. The number of nitrogens with zero attached hydrogens (tertiary/aromatic N) is 1. The van der Waals surface area contributed by atoms with Crippen LogP contribution in [0.2, 0.25) is 0 Å². The highest BCUT2D eigenvalue weighted by atomic mass is 32.1. The van der Waals surface area contributed by atoms with E-state index in [1.807, 2.05) is 11.4 Å². The van der Waals surface area contributed by atoms with Crippen molar-refractivity contribution >= 4 is 21.4 Å². The van der Waals surface area contributed by atoms with E-state index in [1.165, 1.54) is 11.3 Å². The predicted molar refractivity (Wildman–Crippen MR) is 51.8 cm³/mol. The lowest BCUT2D eigenvalue weighted by molar-refractivity contribution is 1.19. The normalized spacial score (nSPS) is 10.1. The highest BCUT2D eigenvalue weighted by Gasteiger charge is 2.04. The summed E-state index contributed by atoms with van der Waals surface area (Å²) in [5.74, 6) is 0. The van der Waals surface area contributed by atoms with Crippen molar-refractivity contribution in [2.24, 2.45) is 0 Å². The van der Waals surface area contributed by atoms with Gasteiger partial charge in [-0.3, -0.25) is 4.79 Å². The van der Waals surface area contributed by atoms with Gasteiger partial charge in [0, 0.05) is 11.6 Å². The first-order valence-corrected chi connectivity index (χ1v) is 4.65. The van der Waals surface area contributed by atoms with Crippen molar-refractivity contribution in [3.8, 4) is 6.07 Å². The van der Waals surface area contributed by atoms with Crippen molar-refractivity contribution in [1.29, 1.82) is 5.26 Å². The van der Waals surface area contributed by atoms with Gasteiger partial charge in [-0.1, -0.05) is 0 Å². The largest absolute Gasteiger partial charge is 0.328 e. The first-order chi connectivity index (χ1) is 6.33. The Morgan fingerprint density at radius 3 is 3.23 bits per heavy atom. The van der Waals surface area contributed by atoms with Crippen molar-refractivity contribution in [3.05, 3.63) is 33.6 Å². The van der Waals surface area contributed by atoms with Crippen LogP contribution < -0.4 is 5.56 Å². The van der Waals surface area contributed by atoms with Crippen LogP contribution in [0.25, 0.3) is 10.1 Å². The molecule has 2 aromatic rings. The van der Waals surface area contributed by atoms with Crippen LogP contribution in [-0.2, 0) is 6.42 Å². The van der Waals surface area contributed by atoms with Crippen LogP contribution >= 0.6 is 11.3 Å². The number of thiophene rings is 1. The summed E-state index contributed by atoms with van der Waals surface area (Å²) in [6, 6.07) is 3.94. The summed E-state index contributed by atoms with van der Waals surface area (Å²) in [6.07, 6.45) is 1.95. The van der Waals surface area contributed by atoms with Gasteiger partial charge in [0.1, 0.15) is 0 Å². The van der Waals surface area contributed by atoms with E-state index in [1.54, 1.807) is 6.20 Å². The molecule has 0 radical (unpaired) electrons. The lowest BCUT2D eigenvalue weighted by Crippen LogP contribution is -2.04. The number of hydrogen-bond donors (Lipinski definition) is 1. The van der Waals surface area contributed by atoms with E-state index in [-0.39, 0.29) is 5.56 Å². The van der Waals surface area contributed by atoms with Gasteiger partial charge in [-0.05, 0) is 17.0 Å². The van der Waals surface area contributed by atoms with Gasteiger partial charge in [0.2, 0.25) is 0 Å². The fourth-order valence-corrected chi connectivity index (χ4v) is 2.10. The second-order valence-corrected chi connectivity index (χ2v) is 3.56. The van der Waals surface area contributed by atoms with Gasteiger partial charge >= 0.3 is 0 Å². The summed E-state index contributed by atoms with van der Waals surface area (Å²) in [6.45, 7) is 0. The number of hydrogen-bond acceptors (Lipinski definition) is 3. The minimum atomic E-state index is -0.0771. The Labute approximate surface area is 78.3 Å². The van der Waals surface area contributed by atoms with Gasteiger partial charge in [0.25, 0.3) is 5.56 Å². The number of aromatic nitrogens is 1. The molecule has 2 heterocycles. The SMILES string of the molecule is N#CCc1c[nH]c(=O)c2sccc12. The Morgan fingerprint density at radius 1 is 1.62 bits per heavy atom. The fourth-order valence-electron chi connectivity index (χ4n) is 1.27. The molecule has 0 aliphatic heterocycles. The molecule has 2 aromatic heterocycles. The third-order valence-corrected chi connectivity index (χ3v) is 2.78. The quantitative estimate of drug-likeness (QED) is 0.743. The van der Waals surface area contributed by atoms with Gasteiger partial charge in [-0.2, -0.15) is 5.26 Å². The molecule has 2 rings (SSSR count). The van der Waals surface area contributed by atoms with E-state index in [0.29, 0.717) is 11.1 Å². The van der Waals surface area contributed by atoms with E-state index in [9.17, 15) is 4.79 Å². The van der Waals surface area contributed by atoms with E-state index in [2.05, 4.69) is 11.1 Å². The Bertz CT molecular complexity index is 532. The smallest absolute Gasteiger partial charge is 0.265 e. The van der Waals surface area contributed by atoms with Gasteiger partial charge in [0.15, 0.2) is 0 Å². The third-order valence-electron chi connectivity index (χ3n) is 1.86. The molecule has 0 saturated heterocycles. The standard InChI is InChI=1S/C9H6N2OS/c10-3-1-6-5-11-9(12)8-7(6)2-4-13-8/h2,4-5H,1H2,(H,11,12). The predicted octanol–water partition coefficient (Wildman–Crippen LogP) is 1.66. The Kier molecular flexibility index (Phi) is 1.87. The van der Waals surface area contributed by atoms with Crippen molar-refractivity contribution < 1.29 is 0 Å². The zero-order valence-electron chi connectivity index (χ0n) is 6.70. The van der Waals surface area contributed by atoms with Gasteiger partial charge in [-0.15, -0.1) is 11.3 Å². The zero-order chi connectivity index (χ0) is 9.26. The zero-order valence-corrected chi connectivity index (χ0v) is 7.52. The summed E-state index contributed by atoms with van der Waals surface area (Å²) >= 11 is 1.40. The van der Waals surface area contributed by atoms with Crippen LogP contribution in [0.5, 0.6) is 0 Å². The van der Waals surface area contributed by atoms with E-state index in [4.69, 9.17) is 5.26 Å². The van der Waals surface area contributed by atoms with Crippen molar-refractivity contribution in [2.75, 3.05) is 0 Å². The summed E-state index contributed by atoms with van der Waals surface area (Å²) in [5.41, 5.74) is 0.810. The number of H-pyrrole nitrogens is 1. The van der Waals surface area contributed by atoms with Crippen LogP contribution in [0.15, 0.2) is 22.4 Å². The molecule has 0 fully saturated rings. The molecule has 13 heavy (non-hydrogen) atoms. The first kappa shape index (κ1) is 8.02. The molecule has 0 atom stereocenters. The topological polar surface area (TPSA) is 56.6 Å². The number of pyridine rings is 1. The van der Waals surface area contributed by atoms with Crippen molar-refractivity contribution in [1.82, 2.24) is 4.98 Å². The maximum atomic E-state index is 11.3. The second kappa shape index (κ2) is 3.04. The Balaban J connectivity index is 2.80. The molecule has 4 heteroatoms. The molecule has 64 valence electrons. The second-order valence-electron chi connectivity index (χ2n) is 2.64. The summed E-state index contributed by atoms with van der Waals surface area (Å²) in [7, 11) is 0. The van der Waals surface area contributed by atoms with Crippen LogP contribution in [0.1, 0.15) is 5.56 Å². The average Bonchev–Trinajstić information content (AvgIpc) is 2.59. The lowest BCUT2D eigenvalue weighted by atomic mass is 10.1. The fraction of sp³-hybridized carbons (Fsp3) is 0.111. The summed E-state index contributed by atoms with van der Waals surface area (Å²) in [4.78, 5) is 13.9. The van der Waals surface area contributed by atoms with Crippen LogP contribution in [-0.4, -0.2) is 4.98 Å². The van der Waals surface area contributed by atoms with Crippen LogP contribution in [0.4, 0.5) is 0 Å². The van der Waals surface area contributed by atoms with E-state index < -0.39 is 0 Å². The monoisotopic (exact) mass is 190 g/mol. The highest BCUT2D eigenvalue weighted by Crippen LogP contribution is 2.19. The van der Waals surface area contributed by atoms with Crippen LogP contribution in [0, 0.1) is 11.3 Å². The first-order valence-electron chi connectivity index (χ1n) is 3.77. The van der Waals surface area contributed by atoms with Crippen LogP contribution in [0.3, 0.4) is 0 Å². The minimum Gasteiger partial charge on any atom is -0.328 e. The summed E-state index contributed by atoms with van der Waals surface area (Å²) < 4.78 is 0.702. The Hall–Kier alpha value is -1.60. The number of rotatable bonds is 1. The third kappa shape index (κ3) is 1.23. The van der Waals surface area contributed by atoms with Crippen molar-refractivity contribution in [3.63, 3.8) is 0 Å². The molecule has 3 nitrogen and oxygen atoms in total. The van der Waals surface area contributed by atoms with E-state index in [0.717, 1.165) is 10.9 Å². The van der Waals surface area contributed by atoms with Gasteiger partial charge < -0.3 is 4.98 Å². The Morgan fingerprint density at radius 2 is 2.46 bits per heavy atom. The molecule has 0 bridgehead atoms. The number of nitrogens with one attached hydrogen (secondary N) is 1. The van der Waals surface area contributed by atoms with Gasteiger partial charge in [0.05, 0.1) is 17.2 Å². The number of nitriles is 1. The molecular weight excluding hydrogens is 184 g/mol. The molecule has 0 spiro atoms. The highest BCUT2D eigenvalue weighted by molar-refractivity contribution is 7.17. The maximum absolute atomic E-state index is 11.3. The molecule has 0 amide bonds. The van der Waals surface area contributed by atoms with E-state index >= 15 is 0 Å². The molecule has 0 aromatic carbocycles. The maximum Gasteiger partial charge on any atom is 0.265 e. The molecule has 0 saturated carbocycles. The summed E-state index contributed by atoms with van der Waals surface area (Å²) in [5, 5.41) is 11.3. The molecule has 0 aliphatic carbocycles. The molecule has 1 N–H and O–H groups in total. The van der Waals surface area contributed by atoms with Crippen molar-refractivity contribution in [2.45, 2.75) is 6.42 Å².